The number of guanidine groups is 1. The molecule has 142 valence electrons. The summed E-state index contributed by atoms with van der Waals surface area (Å²) in [6, 6.07) is 0.265. The molecule has 0 atom stereocenters. The molecular weight excluding hydrogens is 453 g/mol. The molecule has 25 heavy (non-hydrogen) atoms. The number of nitrogens with two attached hydrogens (primary N) is 1. The smallest absolute Gasteiger partial charge is 0.409 e. The molecule has 0 saturated carbocycles. The van der Waals surface area contributed by atoms with E-state index in [0.29, 0.717) is 32.2 Å². The number of aryl methyl sites for hydroxylation is 2. The van der Waals surface area contributed by atoms with E-state index in [1.807, 2.05) is 13.8 Å². The van der Waals surface area contributed by atoms with E-state index >= 15 is 0 Å². The molecule has 1 aliphatic heterocycles. The Hall–Kier alpha value is -1.10. The number of nitrogens with zero attached hydrogens (tertiary/aromatic N) is 3. The van der Waals surface area contributed by atoms with Crippen LogP contribution in [-0.4, -0.2) is 54.2 Å². The van der Waals surface area contributed by atoms with Crippen molar-refractivity contribution >= 4 is 47.4 Å². The first-order valence-corrected chi connectivity index (χ1v) is 9.35. The fourth-order valence-electron chi connectivity index (χ4n) is 2.62. The summed E-state index contributed by atoms with van der Waals surface area (Å²) in [5, 5.41) is 6.47. The first-order valence-electron chi connectivity index (χ1n) is 8.47. The average molecular weight is 481 g/mol. The Morgan fingerprint density at radius 3 is 2.84 bits per heavy atom. The van der Waals surface area contributed by atoms with E-state index in [1.165, 1.54) is 0 Å². The van der Waals surface area contributed by atoms with Crippen molar-refractivity contribution < 1.29 is 9.53 Å². The zero-order chi connectivity index (χ0) is 17.4. The van der Waals surface area contributed by atoms with Crippen molar-refractivity contribution in [2.75, 3.05) is 26.2 Å². The Kier molecular flexibility index (Phi) is 10.1. The number of amides is 1. The molecule has 2 rings (SSSR count). The van der Waals surface area contributed by atoms with Crippen LogP contribution in [0.2, 0.25) is 0 Å². The summed E-state index contributed by atoms with van der Waals surface area (Å²) in [5.74, 6) is 0.486. The van der Waals surface area contributed by atoms with Gasteiger partial charge in [-0.05, 0) is 33.1 Å². The average Bonchev–Trinajstić information content (AvgIpc) is 2.98. The summed E-state index contributed by atoms with van der Waals surface area (Å²) in [6.07, 6.45) is 3.36. The minimum Gasteiger partial charge on any atom is -0.450 e. The van der Waals surface area contributed by atoms with E-state index in [4.69, 9.17) is 10.5 Å². The zero-order valence-electron chi connectivity index (χ0n) is 14.9. The number of hydrogen-bond acceptors (Lipinski definition) is 5. The van der Waals surface area contributed by atoms with Crippen molar-refractivity contribution in [1.29, 1.82) is 0 Å². The number of aliphatic imine (C=N–C) groups is 1. The van der Waals surface area contributed by atoms with Gasteiger partial charge in [-0.2, -0.15) is 0 Å². The maximum Gasteiger partial charge on any atom is 0.409 e. The third-order valence-corrected chi connectivity index (χ3v) is 4.90. The summed E-state index contributed by atoms with van der Waals surface area (Å²) in [5.41, 5.74) is 7.03. The van der Waals surface area contributed by atoms with Gasteiger partial charge in [0.1, 0.15) is 0 Å². The first kappa shape index (κ1) is 21.9. The number of thiazole rings is 1. The van der Waals surface area contributed by atoms with E-state index in [-0.39, 0.29) is 36.1 Å². The lowest BCUT2D eigenvalue weighted by atomic mass is 10.1. The van der Waals surface area contributed by atoms with Crippen LogP contribution in [0.1, 0.15) is 36.9 Å². The molecule has 0 spiro atoms. The number of likely N-dealkylation sites (tertiary alicyclic amines) is 1. The van der Waals surface area contributed by atoms with E-state index in [9.17, 15) is 4.79 Å². The molecule has 0 radical (unpaired) electrons. The second-order valence-electron chi connectivity index (χ2n) is 5.86. The molecule has 7 nitrogen and oxygen atoms in total. The maximum atomic E-state index is 11.7. The van der Waals surface area contributed by atoms with Crippen LogP contribution >= 0.6 is 35.3 Å². The Labute approximate surface area is 170 Å². The number of aromatic nitrogens is 1. The van der Waals surface area contributed by atoms with Gasteiger partial charge in [0.05, 0.1) is 11.6 Å². The van der Waals surface area contributed by atoms with Crippen molar-refractivity contribution in [1.82, 2.24) is 15.2 Å². The third kappa shape index (κ3) is 7.76. The van der Waals surface area contributed by atoms with Crippen LogP contribution in [0.15, 0.2) is 10.4 Å². The van der Waals surface area contributed by atoms with Crippen molar-refractivity contribution in [3.05, 3.63) is 16.1 Å². The van der Waals surface area contributed by atoms with Gasteiger partial charge in [-0.25, -0.2) is 9.78 Å². The van der Waals surface area contributed by atoms with Crippen molar-refractivity contribution in [2.45, 2.75) is 45.6 Å². The zero-order valence-corrected chi connectivity index (χ0v) is 18.0. The Bertz CT molecular complexity index is 558. The number of rotatable bonds is 6. The molecule has 0 bridgehead atoms. The highest BCUT2D eigenvalue weighted by atomic mass is 127. The largest absolute Gasteiger partial charge is 0.450 e. The Balaban J connectivity index is 0.00000312. The summed E-state index contributed by atoms with van der Waals surface area (Å²) in [6.45, 7) is 6.31. The molecular formula is C16H28IN5O2S. The Morgan fingerprint density at radius 2 is 2.24 bits per heavy atom. The summed E-state index contributed by atoms with van der Waals surface area (Å²) < 4.78 is 5.02. The van der Waals surface area contributed by atoms with Gasteiger partial charge in [-0.1, -0.05) is 0 Å². The van der Waals surface area contributed by atoms with Crippen LogP contribution in [0.4, 0.5) is 4.79 Å². The van der Waals surface area contributed by atoms with E-state index in [2.05, 4.69) is 20.7 Å². The number of carbonyl (C=O) groups excluding carboxylic acids is 1. The number of nitrogens with one attached hydrogen (secondary N) is 1. The van der Waals surface area contributed by atoms with Crippen molar-refractivity contribution in [3.8, 4) is 0 Å². The van der Waals surface area contributed by atoms with Crippen LogP contribution in [-0.2, 0) is 11.2 Å². The van der Waals surface area contributed by atoms with Gasteiger partial charge in [0.2, 0.25) is 0 Å². The monoisotopic (exact) mass is 481 g/mol. The van der Waals surface area contributed by atoms with Crippen molar-refractivity contribution in [2.24, 2.45) is 10.7 Å². The molecule has 1 aromatic heterocycles. The lowest BCUT2D eigenvalue weighted by Crippen LogP contribution is -2.48. The van der Waals surface area contributed by atoms with Gasteiger partial charge in [0, 0.05) is 43.2 Å². The number of ether oxygens (including phenoxy) is 1. The first-order chi connectivity index (χ1) is 11.6. The molecule has 0 unspecified atom stereocenters. The molecule has 1 aromatic rings. The predicted octanol–water partition coefficient (Wildman–Crippen LogP) is 2.53. The second kappa shape index (κ2) is 11.5. The summed E-state index contributed by atoms with van der Waals surface area (Å²) >= 11 is 1.69. The van der Waals surface area contributed by atoms with Crippen LogP contribution in [0.3, 0.4) is 0 Å². The van der Waals surface area contributed by atoms with E-state index < -0.39 is 0 Å². The molecule has 0 aromatic carbocycles. The maximum absolute atomic E-state index is 11.7. The van der Waals surface area contributed by atoms with Gasteiger partial charge in [-0.15, -0.1) is 35.3 Å². The highest BCUT2D eigenvalue weighted by Crippen LogP contribution is 2.12. The highest BCUT2D eigenvalue weighted by Gasteiger charge is 2.23. The number of halogens is 1. The van der Waals surface area contributed by atoms with Gasteiger partial charge in [0.25, 0.3) is 0 Å². The molecule has 0 aliphatic carbocycles. The minimum absolute atomic E-state index is 0. The van der Waals surface area contributed by atoms with Crippen LogP contribution < -0.4 is 11.1 Å². The molecule has 1 fully saturated rings. The molecule has 2 heterocycles. The summed E-state index contributed by atoms with van der Waals surface area (Å²) in [7, 11) is 0. The van der Waals surface area contributed by atoms with Gasteiger partial charge >= 0.3 is 6.09 Å². The van der Waals surface area contributed by atoms with E-state index in [1.54, 1.807) is 16.2 Å². The van der Waals surface area contributed by atoms with Crippen LogP contribution in [0, 0.1) is 6.92 Å². The lowest BCUT2D eigenvalue weighted by molar-refractivity contribution is 0.0963. The Morgan fingerprint density at radius 1 is 1.52 bits per heavy atom. The van der Waals surface area contributed by atoms with Crippen LogP contribution in [0.25, 0.3) is 0 Å². The molecule has 1 amide bonds. The van der Waals surface area contributed by atoms with Crippen molar-refractivity contribution in [3.63, 3.8) is 0 Å². The fourth-order valence-corrected chi connectivity index (χ4v) is 3.44. The molecule has 3 N–H and O–H groups in total. The van der Waals surface area contributed by atoms with Gasteiger partial charge in [0.15, 0.2) is 5.96 Å². The number of carbonyl (C=O) groups is 1. The standard InChI is InChI=1S/C16H27N5O2S.HI/c1-3-23-16(22)21-9-6-13(7-10-21)20-15(17)18-8-4-5-14-19-12(2)11-24-14;/h11,13H,3-10H2,1-2H3,(H3,17,18,20);1H. The number of hydrogen-bond donors (Lipinski definition) is 2. The normalized spacial score (nSPS) is 15.6. The molecule has 9 heteroatoms. The lowest BCUT2D eigenvalue weighted by Gasteiger charge is -2.31. The fraction of sp³-hybridized carbons (Fsp3) is 0.688. The predicted molar refractivity (Wildman–Crippen MR) is 112 cm³/mol. The van der Waals surface area contributed by atoms with E-state index in [0.717, 1.165) is 36.4 Å². The van der Waals surface area contributed by atoms with Crippen LogP contribution in [0.5, 0.6) is 0 Å². The topological polar surface area (TPSA) is 92.8 Å². The quantitative estimate of drug-likeness (QED) is 0.282. The molecule has 1 aliphatic rings. The SMILES string of the molecule is CCOC(=O)N1CCC(NC(N)=NCCCc2nc(C)cs2)CC1.I. The van der Waals surface area contributed by atoms with Gasteiger partial charge < -0.3 is 20.7 Å². The third-order valence-electron chi connectivity index (χ3n) is 3.87. The minimum atomic E-state index is -0.227. The molecule has 1 saturated heterocycles. The number of piperidine rings is 1. The van der Waals surface area contributed by atoms with Gasteiger partial charge in [-0.3, -0.25) is 4.99 Å². The summed E-state index contributed by atoms with van der Waals surface area (Å²) in [4.78, 5) is 22.2. The second-order valence-corrected chi connectivity index (χ2v) is 6.80. The highest BCUT2D eigenvalue weighted by molar-refractivity contribution is 14.0.